The van der Waals surface area contributed by atoms with E-state index in [9.17, 15) is 9.59 Å². The van der Waals surface area contributed by atoms with Crippen molar-refractivity contribution in [2.24, 2.45) is 0 Å². The number of carbonyl (C=O) groups excluding carboxylic acids is 1. The van der Waals surface area contributed by atoms with Gasteiger partial charge in [0.1, 0.15) is 16.9 Å². The van der Waals surface area contributed by atoms with Crippen molar-refractivity contribution in [3.8, 4) is 21.8 Å². The highest BCUT2D eigenvalue weighted by atomic mass is 32.1. The number of benzene rings is 3. The molecule has 0 aliphatic heterocycles. The first-order valence-corrected chi connectivity index (χ1v) is 12.0. The SMILES string of the molecule is Cc1ccc2occ(/C=C/C(=O)NCc3ccc(-c4nc(-c5ccccc5)cs4)cc3)c(=O)c2c1. The lowest BCUT2D eigenvalue weighted by Crippen LogP contribution is -2.20. The van der Waals surface area contributed by atoms with Crippen molar-refractivity contribution in [1.82, 2.24) is 10.3 Å². The van der Waals surface area contributed by atoms with Gasteiger partial charge in [0.2, 0.25) is 5.91 Å². The van der Waals surface area contributed by atoms with E-state index in [4.69, 9.17) is 9.40 Å². The maximum Gasteiger partial charge on any atom is 0.244 e. The summed E-state index contributed by atoms with van der Waals surface area (Å²) < 4.78 is 5.53. The van der Waals surface area contributed by atoms with Gasteiger partial charge in [0.15, 0.2) is 5.43 Å². The average molecular weight is 479 g/mol. The third-order valence-electron chi connectivity index (χ3n) is 5.61. The minimum Gasteiger partial charge on any atom is -0.463 e. The Labute approximate surface area is 206 Å². The van der Waals surface area contributed by atoms with Crippen LogP contribution in [0.2, 0.25) is 0 Å². The van der Waals surface area contributed by atoms with Crippen molar-refractivity contribution in [2.75, 3.05) is 0 Å². The molecule has 1 amide bonds. The van der Waals surface area contributed by atoms with Crippen LogP contribution in [0.25, 0.3) is 38.9 Å². The molecule has 5 nitrogen and oxygen atoms in total. The van der Waals surface area contributed by atoms with Gasteiger partial charge in [0.25, 0.3) is 0 Å². The molecule has 2 aromatic heterocycles. The zero-order chi connectivity index (χ0) is 24.2. The van der Waals surface area contributed by atoms with Gasteiger partial charge in [-0.2, -0.15) is 0 Å². The smallest absolute Gasteiger partial charge is 0.244 e. The standard InChI is InChI=1S/C29H22N2O3S/c1-19-7-13-26-24(15-19)28(33)23(17-34-26)12-14-27(32)30-16-20-8-10-22(11-9-20)29-31-25(18-35-29)21-5-3-2-4-6-21/h2-15,17-18H,16H2,1H3,(H,30,32)/b14-12+. The van der Waals surface area contributed by atoms with E-state index in [1.54, 1.807) is 23.5 Å². The number of nitrogens with zero attached hydrogens (tertiary/aromatic N) is 1. The predicted molar refractivity (Wildman–Crippen MR) is 141 cm³/mol. The van der Waals surface area contributed by atoms with Crippen molar-refractivity contribution in [3.05, 3.63) is 117 Å². The summed E-state index contributed by atoms with van der Waals surface area (Å²) in [7, 11) is 0. The van der Waals surface area contributed by atoms with Gasteiger partial charge in [-0.25, -0.2) is 4.98 Å². The molecular weight excluding hydrogens is 456 g/mol. The molecule has 0 saturated heterocycles. The zero-order valence-electron chi connectivity index (χ0n) is 19.0. The van der Waals surface area contributed by atoms with Crippen LogP contribution in [0.1, 0.15) is 16.7 Å². The van der Waals surface area contributed by atoms with E-state index in [0.29, 0.717) is 23.1 Å². The van der Waals surface area contributed by atoms with Gasteiger partial charge in [0, 0.05) is 29.1 Å². The average Bonchev–Trinajstić information content (AvgIpc) is 3.39. The molecule has 172 valence electrons. The fourth-order valence-electron chi connectivity index (χ4n) is 3.70. The predicted octanol–water partition coefficient (Wildman–Crippen LogP) is 6.22. The zero-order valence-corrected chi connectivity index (χ0v) is 19.8. The highest BCUT2D eigenvalue weighted by Gasteiger charge is 2.08. The number of carbonyl (C=O) groups is 1. The van der Waals surface area contributed by atoms with Crippen molar-refractivity contribution < 1.29 is 9.21 Å². The number of aryl methyl sites for hydroxylation is 1. The van der Waals surface area contributed by atoms with E-state index < -0.39 is 0 Å². The van der Waals surface area contributed by atoms with Crippen LogP contribution < -0.4 is 10.7 Å². The van der Waals surface area contributed by atoms with Crippen LogP contribution in [0.3, 0.4) is 0 Å². The van der Waals surface area contributed by atoms with Gasteiger partial charge in [0.05, 0.1) is 16.6 Å². The van der Waals surface area contributed by atoms with E-state index in [1.807, 2.05) is 67.6 Å². The molecule has 0 fully saturated rings. The third kappa shape index (κ3) is 5.13. The van der Waals surface area contributed by atoms with Gasteiger partial charge >= 0.3 is 0 Å². The molecule has 0 atom stereocenters. The van der Waals surface area contributed by atoms with Crippen molar-refractivity contribution >= 4 is 34.3 Å². The van der Waals surface area contributed by atoms with Crippen LogP contribution in [0, 0.1) is 6.92 Å². The minimum atomic E-state index is -0.287. The molecule has 5 rings (SSSR count). The highest BCUT2D eigenvalue weighted by molar-refractivity contribution is 7.13. The first-order chi connectivity index (χ1) is 17.1. The lowest BCUT2D eigenvalue weighted by atomic mass is 10.1. The minimum absolute atomic E-state index is 0.160. The number of nitrogens with one attached hydrogen (secondary N) is 1. The summed E-state index contributed by atoms with van der Waals surface area (Å²) in [5, 5.41) is 6.36. The Morgan fingerprint density at radius 2 is 1.83 bits per heavy atom. The lowest BCUT2D eigenvalue weighted by molar-refractivity contribution is -0.116. The van der Waals surface area contributed by atoms with Gasteiger partial charge < -0.3 is 9.73 Å². The second-order valence-electron chi connectivity index (χ2n) is 8.17. The van der Waals surface area contributed by atoms with Crippen LogP contribution in [-0.4, -0.2) is 10.9 Å². The summed E-state index contributed by atoms with van der Waals surface area (Å²) in [6.45, 7) is 2.29. The van der Waals surface area contributed by atoms with Gasteiger partial charge in [-0.15, -0.1) is 11.3 Å². The van der Waals surface area contributed by atoms with E-state index in [-0.39, 0.29) is 11.3 Å². The molecule has 0 radical (unpaired) electrons. The highest BCUT2D eigenvalue weighted by Crippen LogP contribution is 2.28. The first-order valence-electron chi connectivity index (χ1n) is 11.2. The summed E-state index contributed by atoms with van der Waals surface area (Å²) in [5.41, 5.74) is 5.73. The molecule has 0 bridgehead atoms. The monoisotopic (exact) mass is 478 g/mol. The summed E-state index contributed by atoms with van der Waals surface area (Å²) in [4.78, 5) is 29.7. The third-order valence-corrected chi connectivity index (χ3v) is 6.50. The molecule has 5 aromatic rings. The normalized spacial score (nSPS) is 11.2. The summed E-state index contributed by atoms with van der Waals surface area (Å²) in [6.07, 6.45) is 4.21. The first kappa shape index (κ1) is 22.5. The van der Waals surface area contributed by atoms with Crippen molar-refractivity contribution in [1.29, 1.82) is 0 Å². The van der Waals surface area contributed by atoms with E-state index in [0.717, 1.165) is 33.0 Å². The summed E-state index contributed by atoms with van der Waals surface area (Å²) in [5.74, 6) is -0.287. The summed E-state index contributed by atoms with van der Waals surface area (Å²) in [6, 6.07) is 23.5. The lowest BCUT2D eigenvalue weighted by Gasteiger charge is -2.04. The van der Waals surface area contributed by atoms with Crippen LogP contribution in [-0.2, 0) is 11.3 Å². The van der Waals surface area contributed by atoms with Gasteiger partial charge in [-0.1, -0.05) is 66.2 Å². The van der Waals surface area contributed by atoms with Gasteiger partial charge in [-0.3, -0.25) is 9.59 Å². The quantitative estimate of drug-likeness (QED) is 0.294. The van der Waals surface area contributed by atoms with Gasteiger partial charge in [-0.05, 0) is 30.7 Å². The Morgan fingerprint density at radius 1 is 1.03 bits per heavy atom. The second-order valence-corrected chi connectivity index (χ2v) is 9.03. The Balaban J connectivity index is 1.21. The molecule has 0 aliphatic rings. The number of hydrogen-bond acceptors (Lipinski definition) is 5. The molecular formula is C29H22N2O3S. The summed E-state index contributed by atoms with van der Waals surface area (Å²) >= 11 is 1.61. The maximum atomic E-state index is 12.7. The largest absolute Gasteiger partial charge is 0.463 e. The topological polar surface area (TPSA) is 72.2 Å². The van der Waals surface area contributed by atoms with E-state index in [2.05, 4.69) is 10.7 Å². The fraction of sp³-hybridized carbons (Fsp3) is 0.0690. The Kier molecular flexibility index (Phi) is 6.37. The Morgan fingerprint density at radius 3 is 2.63 bits per heavy atom. The number of amides is 1. The van der Waals surface area contributed by atoms with Crippen LogP contribution in [0.5, 0.6) is 0 Å². The van der Waals surface area contributed by atoms with Crippen LogP contribution in [0.4, 0.5) is 0 Å². The molecule has 0 unspecified atom stereocenters. The maximum absolute atomic E-state index is 12.7. The molecule has 0 spiro atoms. The van der Waals surface area contributed by atoms with E-state index >= 15 is 0 Å². The Hall–Kier alpha value is -4.29. The molecule has 0 saturated carbocycles. The van der Waals surface area contributed by atoms with Crippen molar-refractivity contribution in [2.45, 2.75) is 13.5 Å². The van der Waals surface area contributed by atoms with Crippen molar-refractivity contribution in [3.63, 3.8) is 0 Å². The molecule has 6 heteroatoms. The molecule has 3 aromatic carbocycles. The molecule has 2 heterocycles. The molecule has 0 aliphatic carbocycles. The fourth-order valence-corrected chi connectivity index (χ4v) is 4.54. The number of hydrogen-bond donors (Lipinski definition) is 1. The van der Waals surface area contributed by atoms with Crippen LogP contribution >= 0.6 is 11.3 Å². The molecule has 35 heavy (non-hydrogen) atoms. The second kappa shape index (κ2) is 9.91. The number of fused-ring (bicyclic) bond motifs is 1. The van der Waals surface area contributed by atoms with Crippen LogP contribution in [0.15, 0.2) is 99.7 Å². The molecule has 1 N–H and O–H groups in total. The number of rotatable bonds is 6. The van der Waals surface area contributed by atoms with E-state index in [1.165, 1.54) is 18.4 Å². The number of aromatic nitrogens is 1. The number of thiazole rings is 1. The Bertz CT molecular complexity index is 1580.